The van der Waals surface area contributed by atoms with Gasteiger partial charge in [-0.15, -0.1) is 0 Å². The molecule has 4 nitrogen and oxygen atoms in total. The minimum atomic E-state index is -0.0890. The Bertz CT molecular complexity index is 496. The van der Waals surface area contributed by atoms with Crippen LogP contribution < -0.4 is 10.4 Å². The van der Waals surface area contributed by atoms with E-state index in [-0.39, 0.29) is 5.69 Å². The van der Waals surface area contributed by atoms with Crippen LogP contribution in [0, 0.1) is 0 Å². The molecule has 0 spiro atoms. The molecule has 2 aromatic rings. The van der Waals surface area contributed by atoms with Crippen LogP contribution in [0.25, 0.3) is 0 Å². The number of aromatic amines is 1. The molecule has 2 rings (SSSR count). The van der Waals surface area contributed by atoms with Gasteiger partial charge >= 0.3 is 5.69 Å². The molecule has 1 aromatic carbocycles. The van der Waals surface area contributed by atoms with Gasteiger partial charge in [-0.05, 0) is 24.6 Å². The predicted molar refractivity (Wildman–Crippen MR) is 61.8 cm³/mol. The Morgan fingerprint density at radius 2 is 2.06 bits per heavy atom. The molecule has 0 unspecified atom stereocenters. The Kier molecular flexibility index (Phi) is 3.10. The third-order valence-corrected chi connectivity index (χ3v) is 2.31. The van der Waals surface area contributed by atoms with Gasteiger partial charge in [0.25, 0.3) is 0 Å². The lowest BCUT2D eigenvalue weighted by Crippen LogP contribution is -2.16. The van der Waals surface area contributed by atoms with Crippen LogP contribution in [0.3, 0.4) is 0 Å². The third-order valence-electron chi connectivity index (χ3n) is 2.31. The molecule has 0 saturated carbocycles. The lowest BCUT2D eigenvalue weighted by atomic mass is 10.2. The lowest BCUT2D eigenvalue weighted by molar-refractivity contribution is 0.340. The van der Waals surface area contributed by atoms with E-state index in [9.17, 15) is 4.79 Å². The summed E-state index contributed by atoms with van der Waals surface area (Å²) < 4.78 is 6.97. The highest BCUT2D eigenvalue weighted by Crippen LogP contribution is 2.12. The van der Waals surface area contributed by atoms with Crippen molar-refractivity contribution in [2.45, 2.75) is 13.5 Å². The van der Waals surface area contributed by atoms with Gasteiger partial charge in [0.2, 0.25) is 0 Å². The minimum Gasteiger partial charge on any atom is -0.494 e. The van der Waals surface area contributed by atoms with Crippen molar-refractivity contribution in [2.75, 3.05) is 6.61 Å². The van der Waals surface area contributed by atoms with E-state index in [1.54, 1.807) is 17.0 Å². The molecule has 0 aliphatic rings. The van der Waals surface area contributed by atoms with Gasteiger partial charge in [-0.3, -0.25) is 4.57 Å². The molecule has 84 valence electrons. The molecular weight excluding hydrogens is 204 g/mol. The maximum atomic E-state index is 11.3. The minimum absolute atomic E-state index is 0.0890. The first-order chi connectivity index (χ1) is 7.79. The molecule has 0 amide bonds. The number of benzene rings is 1. The maximum Gasteiger partial charge on any atom is 0.325 e. The summed E-state index contributed by atoms with van der Waals surface area (Å²) in [7, 11) is 0. The highest BCUT2D eigenvalue weighted by atomic mass is 16.5. The summed E-state index contributed by atoms with van der Waals surface area (Å²) in [5.74, 6) is 0.854. The Morgan fingerprint density at radius 1 is 1.31 bits per heavy atom. The summed E-state index contributed by atoms with van der Waals surface area (Å²) in [5.41, 5.74) is 0.985. The van der Waals surface area contributed by atoms with Crippen LogP contribution in [-0.4, -0.2) is 16.2 Å². The average Bonchev–Trinajstić information content (AvgIpc) is 2.68. The molecule has 0 bridgehead atoms. The van der Waals surface area contributed by atoms with Crippen LogP contribution in [0.2, 0.25) is 0 Å². The van der Waals surface area contributed by atoms with Gasteiger partial charge in [0.1, 0.15) is 5.75 Å². The van der Waals surface area contributed by atoms with Crippen molar-refractivity contribution in [2.24, 2.45) is 0 Å². The average molecular weight is 218 g/mol. The number of nitrogens with one attached hydrogen (secondary N) is 1. The van der Waals surface area contributed by atoms with E-state index in [1.807, 2.05) is 31.2 Å². The van der Waals surface area contributed by atoms with Crippen LogP contribution in [0.15, 0.2) is 41.5 Å². The summed E-state index contributed by atoms with van der Waals surface area (Å²) in [6.07, 6.45) is 3.37. The van der Waals surface area contributed by atoms with Crippen LogP contribution in [0.1, 0.15) is 12.5 Å². The molecule has 0 aliphatic carbocycles. The molecule has 16 heavy (non-hydrogen) atoms. The quantitative estimate of drug-likeness (QED) is 0.847. The maximum absolute atomic E-state index is 11.3. The van der Waals surface area contributed by atoms with Crippen molar-refractivity contribution in [3.05, 3.63) is 52.7 Å². The fourth-order valence-electron chi connectivity index (χ4n) is 1.53. The second-order valence-corrected chi connectivity index (χ2v) is 3.47. The number of hydrogen-bond donors (Lipinski definition) is 1. The first-order valence-electron chi connectivity index (χ1n) is 5.25. The molecule has 4 heteroatoms. The first kappa shape index (κ1) is 10.5. The third kappa shape index (κ3) is 2.34. The standard InChI is InChI=1S/C12H14N2O2/c1-2-16-11-5-3-10(4-6-11)9-14-8-7-13-12(14)15/h3-8H,2,9H2,1H3,(H,13,15). The van der Waals surface area contributed by atoms with Gasteiger partial charge in [-0.1, -0.05) is 12.1 Å². The number of hydrogen-bond acceptors (Lipinski definition) is 2. The zero-order valence-corrected chi connectivity index (χ0v) is 9.14. The van der Waals surface area contributed by atoms with E-state index < -0.39 is 0 Å². The normalized spacial score (nSPS) is 10.3. The highest BCUT2D eigenvalue weighted by Gasteiger charge is 1.98. The number of nitrogens with zero attached hydrogens (tertiary/aromatic N) is 1. The molecule has 0 radical (unpaired) electrons. The first-order valence-corrected chi connectivity index (χ1v) is 5.25. The van der Waals surface area contributed by atoms with Gasteiger partial charge < -0.3 is 9.72 Å². The fourth-order valence-corrected chi connectivity index (χ4v) is 1.53. The number of imidazole rings is 1. The van der Waals surface area contributed by atoms with Gasteiger partial charge in [0.15, 0.2) is 0 Å². The molecule has 1 aromatic heterocycles. The van der Waals surface area contributed by atoms with E-state index in [0.717, 1.165) is 11.3 Å². The van der Waals surface area contributed by atoms with Crippen LogP contribution in [0.4, 0.5) is 0 Å². The molecule has 1 heterocycles. The number of rotatable bonds is 4. The van der Waals surface area contributed by atoms with Crippen molar-refractivity contribution in [1.82, 2.24) is 9.55 Å². The smallest absolute Gasteiger partial charge is 0.325 e. The molecular formula is C12H14N2O2. The second kappa shape index (κ2) is 4.70. The monoisotopic (exact) mass is 218 g/mol. The van der Waals surface area contributed by atoms with Crippen LogP contribution in [-0.2, 0) is 6.54 Å². The summed E-state index contributed by atoms with van der Waals surface area (Å²) in [5, 5.41) is 0. The molecule has 0 atom stereocenters. The molecule has 0 saturated heterocycles. The number of aromatic nitrogens is 2. The number of H-pyrrole nitrogens is 1. The van der Waals surface area contributed by atoms with E-state index in [0.29, 0.717) is 13.2 Å². The summed E-state index contributed by atoms with van der Waals surface area (Å²) in [6, 6.07) is 7.75. The summed E-state index contributed by atoms with van der Waals surface area (Å²) in [6.45, 7) is 3.19. The Balaban J connectivity index is 2.11. The molecule has 0 aliphatic heterocycles. The molecule has 1 N–H and O–H groups in total. The topological polar surface area (TPSA) is 47.0 Å². The Hall–Kier alpha value is -1.97. The van der Waals surface area contributed by atoms with Gasteiger partial charge in [-0.2, -0.15) is 0 Å². The van der Waals surface area contributed by atoms with Crippen LogP contribution in [0.5, 0.6) is 5.75 Å². The zero-order valence-electron chi connectivity index (χ0n) is 9.14. The second-order valence-electron chi connectivity index (χ2n) is 3.47. The van der Waals surface area contributed by atoms with Crippen molar-refractivity contribution < 1.29 is 4.74 Å². The fraction of sp³-hybridized carbons (Fsp3) is 0.250. The van der Waals surface area contributed by atoms with Crippen molar-refractivity contribution >= 4 is 0 Å². The van der Waals surface area contributed by atoms with Gasteiger partial charge in [-0.25, -0.2) is 4.79 Å². The van der Waals surface area contributed by atoms with E-state index >= 15 is 0 Å². The van der Waals surface area contributed by atoms with E-state index in [2.05, 4.69) is 4.98 Å². The van der Waals surface area contributed by atoms with Crippen molar-refractivity contribution in [3.63, 3.8) is 0 Å². The Labute approximate surface area is 93.5 Å². The van der Waals surface area contributed by atoms with E-state index in [1.165, 1.54) is 0 Å². The van der Waals surface area contributed by atoms with Gasteiger partial charge in [0.05, 0.1) is 13.2 Å². The Morgan fingerprint density at radius 3 is 2.62 bits per heavy atom. The number of ether oxygens (including phenoxy) is 1. The highest BCUT2D eigenvalue weighted by molar-refractivity contribution is 5.27. The SMILES string of the molecule is CCOc1ccc(Cn2cc[nH]c2=O)cc1. The predicted octanol–water partition coefficient (Wildman–Crippen LogP) is 1.62. The van der Waals surface area contributed by atoms with Crippen molar-refractivity contribution in [3.8, 4) is 5.75 Å². The zero-order chi connectivity index (χ0) is 11.4. The summed E-state index contributed by atoms with van der Waals surface area (Å²) in [4.78, 5) is 13.9. The van der Waals surface area contributed by atoms with Crippen molar-refractivity contribution in [1.29, 1.82) is 0 Å². The lowest BCUT2D eigenvalue weighted by Gasteiger charge is -2.05. The van der Waals surface area contributed by atoms with E-state index in [4.69, 9.17) is 4.74 Å². The summed E-state index contributed by atoms with van der Waals surface area (Å²) >= 11 is 0. The van der Waals surface area contributed by atoms with Crippen LogP contribution >= 0.6 is 0 Å². The van der Waals surface area contributed by atoms with Gasteiger partial charge in [0, 0.05) is 12.4 Å². The molecule has 0 fully saturated rings. The largest absolute Gasteiger partial charge is 0.494 e.